The lowest BCUT2D eigenvalue weighted by molar-refractivity contribution is -0.140. The molecule has 5 nitrogen and oxygen atoms in total. The van der Waals surface area contributed by atoms with Gasteiger partial charge in [0.2, 0.25) is 0 Å². The van der Waals surface area contributed by atoms with Gasteiger partial charge in [0.25, 0.3) is 0 Å². The van der Waals surface area contributed by atoms with Gasteiger partial charge in [0.1, 0.15) is 6.04 Å². The molecule has 154 valence electrons. The summed E-state index contributed by atoms with van der Waals surface area (Å²) in [6, 6.07) is -0.743. The highest BCUT2D eigenvalue weighted by atomic mass is 16.4. The number of carboxylic acids is 2. The zero-order valence-electron chi connectivity index (χ0n) is 16.8. The molecule has 0 saturated carbocycles. The Bertz CT molecular complexity index is 347. The molecule has 0 radical (unpaired) electrons. The molecule has 0 bridgehead atoms. The minimum absolute atomic E-state index is 0.108. The van der Waals surface area contributed by atoms with Crippen molar-refractivity contribution in [3.8, 4) is 0 Å². The van der Waals surface area contributed by atoms with Gasteiger partial charge in [-0.05, 0) is 19.4 Å². The monoisotopic (exact) mass is 371 g/mol. The highest BCUT2D eigenvalue weighted by Crippen LogP contribution is 2.12. The first-order valence-corrected chi connectivity index (χ1v) is 10.8. The molecule has 0 amide bonds. The third kappa shape index (κ3) is 17.7. The van der Waals surface area contributed by atoms with Gasteiger partial charge in [-0.15, -0.1) is 0 Å². The summed E-state index contributed by atoms with van der Waals surface area (Å²) in [5.74, 6) is -1.91. The standard InChI is InChI=1S/C21H41NO4/c1-2-3-4-5-6-7-8-9-10-11-12-13-14-15-18-22-19(21(25)26)16-17-20(23)24/h19,22H,2-18H2,1H3,(H,23,24)(H,25,26). The fourth-order valence-corrected chi connectivity index (χ4v) is 3.18. The number of nitrogens with one attached hydrogen (secondary N) is 1. The first kappa shape index (κ1) is 24.9. The van der Waals surface area contributed by atoms with E-state index in [-0.39, 0.29) is 12.8 Å². The maximum Gasteiger partial charge on any atom is 0.320 e. The zero-order chi connectivity index (χ0) is 19.5. The highest BCUT2D eigenvalue weighted by Gasteiger charge is 2.17. The summed E-state index contributed by atoms with van der Waals surface area (Å²) in [5.41, 5.74) is 0. The Morgan fingerprint density at radius 1 is 0.731 bits per heavy atom. The maximum absolute atomic E-state index is 11.0. The van der Waals surface area contributed by atoms with Crippen molar-refractivity contribution >= 4 is 11.9 Å². The number of rotatable bonds is 20. The van der Waals surface area contributed by atoms with E-state index in [0.29, 0.717) is 6.54 Å². The second-order valence-corrected chi connectivity index (χ2v) is 7.37. The lowest BCUT2D eigenvalue weighted by atomic mass is 10.0. The quantitative estimate of drug-likeness (QED) is 0.250. The number of carboxylic acid groups (broad SMARTS) is 2. The van der Waals surface area contributed by atoms with Crippen LogP contribution in [0.2, 0.25) is 0 Å². The summed E-state index contributed by atoms with van der Waals surface area (Å²) < 4.78 is 0. The SMILES string of the molecule is CCCCCCCCCCCCCCCCNC(CCC(=O)O)C(=O)O. The van der Waals surface area contributed by atoms with Gasteiger partial charge in [-0.3, -0.25) is 9.59 Å². The first-order valence-electron chi connectivity index (χ1n) is 10.8. The van der Waals surface area contributed by atoms with Gasteiger partial charge in [0.05, 0.1) is 0 Å². The molecular weight excluding hydrogens is 330 g/mol. The van der Waals surface area contributed by atoms with Crippen molar-refractivity contribution < 1.29 is 19.8 Å². The van der Waals surface area contributed by atoms with Gasteiger partial charge in [0.15, 0.2) is 0 Å². The lowest BCUT2D eigenvalue weighted by Gasteiger charge is -2.13. The Morgan fingerprint density at radius 3 is 1.54 bits per heavy atom. The summed E-state index contributed by atoms with van der Waals surface area (Å²) in [4.78, 5) is 21.6. The topological polar surface area (TPSA) is 86.6 Å². The molecule has 1 unspecified atom stereocenters. The lowest BCUT2D eigenvalue weighted by Crippen LogP contribution is -2.37. The number of hydrogen-bond acceptors (Lipinski definition) is 3. The molecule has 0 spiro atoms. The maximum atomic E-state index is 11.0. The summed E-state index contributed by atoms with van der Waals surface area (Å²) in [7, 11) is 0. The number of hydrogen-bond donors (Lipinski definition) is 3. The summed E-state index contributed by atoms with van der Waals surface area (Å²) in [6.07, 6.45) is 18.2. The van der Waals surface area contributed by atoms with E-state index in [2.05, 4.69) is 12.2 Å². The minimum Gasteiger partial charge on any atom is -0.481 e. The Labute approximate surface area is 159 Å². The molecule has 0 aromatic rings. The summed E-state index contributed by atoms with van der Waals surface area (Å²) >= 11 is 0. The van der Waals surface area contributed by atoms with E-state index in [1.165, 1.54) is 77.0 Å². The second-order valence-electron chi connectivity index (χ2n) is 7.37. The molecule has 0 heterocycles. The fourth-order valence-electron chi connectivity index (χ4n) is 3.18. The molecule has 0 fully saturated rings. The molecular formula is C21H41NO4. The molecule has 3 N–H and O–H groups in total. The van der Waals surface area contributed by atoms with Crippen molar-refractivity contribution in [2.75, 3.05) is 6.54 Å². The van der Waals surface area contributed by atoms with Crippen LogP contribution in [0.15, 0.2) is 0 Å². The summed E-state index contributed by atoms with van der Waals surface area (Å²) in [6.45, 7) is 2.90. The van der Waals surface area contributed by atoms with Crippen molar-refractivity contribution in [2.24, 2.45) is 0 Å². The van der Waals surface area contributed by atoms with E-state index in [1.54, 1.807) is 0 Å². The van der Waals surface area contributed by atoms with Crippen LogP contribution in [0.3, 0.4) is 0 Å². The van der Waals surface area contributed by atoms with E-state index < -0.39 is 18.0 Å². The molecule has 0 aliphatic rings. The predicted molar refractivity (Wildman–Crippen MR) is 107 cm³/mol. The van der Waals surface area contributed by atoms with Crippen molar-refractivity contribution in [2.45, 2.75) is 116 Å². The first-order chi connectivity index (χ1) is 12.6. The van der Waals surface area contributed by atoms with Gasteiger partial charge >= 0.3 is 11.9 Å². The normalized spacial score (nSPS) is 12.2. The van der Waals surface area contributed by atoms with Gasteiger partial charge in [-0.1, -0.05) is 90.4 Å². The van der Waals surface area contributed by atoms with Crippen molar-refractivity contribution in [3.05, 3.63) is 0 Å². The molecule has 5 heteroatoms. The van der Waals surface area contributed by atoms with Crippen LogP contribution in [-0.2, 0) is 9.59 Å². The molecule has 0 aliphatic heterocycles. The van der Waals surface area contributed by atoms with E-state index in [1.807, 2.05) is 0 Å². The fraction of sp³-hybridized carbons (Fsp3) is 0.905. The van der Waals surface area contributed by atoms with Crippen LogP contribution < -0.4 is 5.32 Å². The molecule has 1 atom stereocenters. The van der Waals surface area contributed by atoms with Crippen molar-refractivity contribution in [1.29, 1.82) is 0 Å². The smallest absolute Gasteiger partial charge is 0.320 e. The van der Waals surface area contributed by atoms with Crippen molar-refractivity contribution in [3.63, 3.8) is 0 Å². The Balaban J connectivity index is 3.32. The average molecular weight is 372 g/mol. The average Bonchev–Trinajstić information content (AvgIpc) is 2.60. The van der Waals surface area contributed by atoms with Crippen LogP contribution in [0.25, 0.3) is 0 Å². The Morgan fingerprint density at radius 2 is 1.15 bits per heavy atom. The van der Waals surface area contributed by atoms with Crippen LogP contribution in [0.5, 0.6) is 0 Å². The Kier molecular flexibility index (Phi) is 17.9. The number of aliphatic carboxylic acids is 2. The van der Waals surface area contributed by atoms with Crippen LogP contribution in [0.4, 0.5) is 0 Å². The van der Waals surface area contributed by atoms with Crippen LogP contribution in [0.1, 0.15) is 110 Å². The molecule has 26 heavy (non-hydrogen) atoms. The van der Waals surface area contributed by atoms with Crippen molar-refractivity contribution in [1.82, 2.24) is 5.32 Å². The molecule has 0 aliphatic carbocycles. The molecule has 0 aromatic heterocycles. The number of unbranched alkanes of at least 4 members (excludes halogenated alkanes) is 13. The molecule has 0 saturated heterocycles. The van der Waals surface area contributed by atoms with Crippen LogP contribution in [0, 0.1) is 0 Å². The van der Waals surface area contributed by atoms with Gasteiger partial charge < -0.3 is 15.5 Å². The summed E-state index contributed by atoms with van der Waals surface area (Å²) in [5, 5.41) is 20.6. The molecule has 0 rings (SSSR count). The van der Waals surface area contributed by atoms with Crippen LogP contribution in [-0.4, -0.2) is 34.7 Å². The van der Waals surface area contributed by atoms with E-state index in [4.69, 9.17) is 10.2 Å². The Hall–Kier alpha value is -1.10. The second kappa shape index (κ2) is 18.7. The third-order valence-electron chi connectivity index (χ3n) is 4.87. The zero-order valence-corrected chi connectivity index (χ0v) is 16.8. The van der Waals surface area contributed by atoms with E-state index >= 15 is 0 Å². The van der Waals surface area contributed by atoms with Gasteiger partial charge in [-0.2, -0.15) is 0 Å². The van der Waals surface area contributed by atoms with Gasteiger partial charge in [-0.25, -0.2) is 0 Å². The molecule has 0 aromatic carbocycles. The van der Waals surface area contributed by atoms with E-state index in [9.17, 15) is 9.59 Å². The van der Waals surface area contributed by atoms with Gasteiger partial charge in [0, 0.05) is 6.42 Å². The third-order valence-corrected chi connectivity index (χ3v) is 4.87. The largest absolute Gasteiger partial charge is 0.481 e. The van der Waals surface area contributed by atoms with Crippen LogP contribution >= 0.6 is 0 Å². The number of carbonyl (C=O) groups is 2. The minimum atomic E-state index is -0.961. The predicted octanol–water partition coefficient (Wildman–Crippen LogP) is 5.38. The highest BCUT2D eigenvalue weighted by molar-refractivity contribution is 5.75. The van der Waals surface area contributed by atoms with E-state index in [0.717, 1.165) is 12.8 Å².